The zero-order chi connectivity index (χ0) is 32.2. The predicted molar refractivity (Wildman–Crippen MR) is 166 cm³/mol. The number of thiophene rings is 1. The van der Waals surface area contributed by atoms with E-state index in [0.29, 0.717) is 47.6 Å². The summed E-state index contributed by atoms with van der Waals surface area (Å²) in [6.07, 6.45) is 1.12. The van der Waals surface area contributed by atoms with E-state index in [9.17, 15) is 28.1 Å². The molecule has 1 aliphatic rings. The van der Waals surface area contributed by atoms with Crippen LogP contribution in [-0.2, 0) is 24.3 Å². The SMILES string of the molecule is COC(=O)c1sc(-c2cccc(N(C3CCNCC3)S(=O)(=O)c3ccc([N+](=O)[O-])cc3)c2)c(C)c1OCC(=O)OC(C)(C)C. The van der Waals surface area contributed by atoms with Crippen LogP contribution in [0.3, 0.4) is 0 Å². The van der Waals surface area contributed by atoms with E-state index in [1.165, 1.54) is 35.7 Å². The molecule has 4 rings (SSSR count). The van der Waals surface area contributed by atoms with Crippen molar-refractivity contribution in [2.45, 2.75) is 57.1 Å². The molecule has 0 unspecified atom stereocenters. The van der Waals surface area contributed by atoms with Crippen LogP contribution in [0.2, 0.25) is 0 Å². The number of anilines is 1. The molecule has 12 nitrogen and oxygen atoms in total. The van der Waals surface area contributed by atoms with Gasteiger partial charge in [0, 0.05) is 28.6 Å². The average molecular weight is 646 g/mol. The van der Waals surface area contributed by atoms with Crippen molar-refractivity contribution >= 4 is 44.7 Å². The van der Waals surface area contributed by atoms with Gasteiger partial charge < -0.3 is 19.5 Å². The van der Waals surface area contributed by atoms with Crippen LogP contribution in [0.5, 0.6) is 5.75 Å². The number of esters is 2. The summed E-state index contributed by atoms with van der Waals surface area (Å²) in [6, 6.07) is 11.4. The Morgan fingerprint density at radius 2 is 1.77 bits per heavy atom. The zero-order valence-corrected chi connectivity index (χ0v) is 26.7. The van der Waals surface area contributed by atoms with E-state index in [0.717, 1.165) is 11.3 Å². The lowest BCUT2D eigenvalue weighted by atomic mass is 10.0. The van der Waals surface area contributed by atoms with Gasteiger partial charge in [-0.25, -0.2) is 18.0 Å². The van der Waals surface area contributed by atoms with Crippen LogP contribution in [0.1, 0.15) is 48.8 Å². The van der Waals surface area contributed by atoms with Crippen molar-refractivity contribution in [1.82, 2.24) is 5.32 Å². The molecule has 3 aromatic rings. The van der Waals surface area contributed by atoms with E-state index >= 15 is 0 Å². The van der Waals surface area contributed by atoms with Gasteiger partial charge in [-0.3, -0.25) is 14.4 Å². The summed E-state index contributed by atoms with van der Waals surface area (Å²) in [5.74, 6) is -1.06. The van der Waals surface area contributed by atoms with Crippen molar-refractivity contribution < 1.29 is 37.1 Å². The van der Waals surface area contributed by atoms with Crippen molar-refractivity contribution in [1.29, 1.82) is 0 Å². The fourth-order valence-corrected chi connectivity index (χ4v) is 7.77. The van der Waals surface area contributed by atoms with Crippen LogP contribution >= 0.6 is 11.3 Å². The number of benzene rings is 2. The standard InChI is InChI=1S/C30H35N3O9S2/c1-19-26(41-18-25(34)42-30(2,3)4)28(29(35)40-5)43-27(19)20-7-6-8-23(17-20)32(21-13-15-31-16-14-21)44(38,39)24-11-9-22(10-12-24)33(36)37/h6-12,17,21,31H,13-16,18H2,1-5H3. The predicted octanol–water partition coefficient (Wildman–Crippen LogP) is 5.09. The Hall–Kier alpha value is -4.01. The number of nitrogens with zero attached hydrogens (tertiary/aromatic N) is 2. The molecule has 236 valence electrons. The highest BCUT2D eigenvalue weighted by Gasteiger charge is 2.34. The van der Waals surface area contributed by atoms with Gasteiger partial charge in [-0.1, -0.05) is 12.1 Å². The van der Waals surface area contributed by atoms with Crippen LogP contribution in [0, 0.1) is 17.0 Å². The molecule has 2 heterocycles. The lowest BCUT2D eigenvalue weighted by molar-refractivity contribution is -0.384. The molecule has 1 aliphatic heterocycles. The molecule has 1 aromatic heterocycles. The molecule has 0 bridgehead atoms. The van der Waals surface area contributed by atoms with Crippen molar-refractivity contribution in [2.75, 3.05) is 31.1 Å². The summed E-state index contributed by atoms with van der Waals surface area (Å²) in [5.41, 5.74) is 0.675. The molecule has 1 N–H and O–H groups in total. The Morgan fingerprint density at radius 3 is 2.36 bits per heavy atom. The Balaban J connectivity index is 1.76. The molecule has 0 atom stereocenters. The Morgan fingerprint density at radius 1 is 1.11 bits per heavy atom. The first kappa shape index (κ1) is 32.9. The first-order valence-corrected chi connectivity index (χ1v) is 16.1. The number of piperidine rings is 1. The number of methoxy groups -OCH3 is 1. The molecule has 2 aromatic carbocycles. The summed E-state index contributed by atoms with van der Waals surface area (Å²) < 4.78 is 45.6. The number of carbonyl (C=O) groups excluding carboxylic acids is 2. The smallest absolute Gasteiger partial charge is 0.351 e. The maximum absolute atomic E-state index is 14.1. The highest BCUT2D eigenvalue weighted by atomic mass is 32.2. The highest BCUT2D eigenvalue weighted by molar-refractivity contribution is 7.92. The number of nitrogens with one attached hydrogen (secondary N) is 1. The number of nitro groups is 1. The summed E-state index contributed by atoms with van der Waals surface area (Å²) in [4.78, 5) is 36.3. The van der Waals surface area contributed by atoms with Gasteiger partial charge in [-0.2, -0.15) is 0 Å². The van der Waals surface area contributed by atoms with E-state index in [4.69, 9.17) is 14.2 Å². The van der Waals surface area contributed by atoms with E-state index in [2.05, 4.69) is 5.32 Å². The third-order valence-electron chi connectivity index (χ3n) is 6.82. The highest BCUT2D eigenvalue weighted by Crippen LogP contribution is 2.43. The first-order valence-electron chi connectivity index (χ1n) is 13.9. The van der Waals surface area contributed by atoms with Gasteiger partial charge in [0.25, 0.3) is 15.7 Å². The van der Waals surface area contributed by atoms with Crippen molar-refractivity contribution in [2.24, 2.45) is 0 Å². The van der Waals surface area contributed by atoms with Crippen LogP contribution in [0.15, 0.2) is 53.4 Å². The number of hydrogen-bond acceptors (Lipinski definition) is 11. The van der Waals surface area contributed by atoms with Gasteiger partial charge in [0.05, 0.1) is 22.6 Å². The first-order chi connectivity index (χ1) is 20.7. The maximum Gasteiger partial charge on any atom is 0.351 e. The van der Waals surface area contributed by atoms with Crippen LogP contribution in [0.25, 0.3) is 10.4 Å². The van der Waals surface area contributed by atoms with E-state index in [1.54, 1.807) is 52.0 Å². The van der Waals surface area contributed by atoms with Crippen molar-refractivity contribution in [3.05, 3.63) is 69.1 Å². The quantitative estimate of drug-likeness (QED) is 0.179. The molecule has 44 heavy (non-hydrogen) atoms. The number of rotatable bonds is 10. The second-order valence-electron chi connectivity index (χ2n) is 11.2. The molecule has 0 saturated carbocycles. The third-order valence-corrected chi connectivity index (χ3v) is 10.0. The van der Waals surface area contributed by atoms with Gasteiger partial charge in [-0.05, 0) is 83.5 Å². The van der Waals surface area contributed by atoms with E-state index in [-0.39, 0.29) is 27.3 Å². The fraction of sp³-hybridized carbons (Fsp3) is 0.400. The molecule has 14 heteroatoms. The minimum absolute atomic E-state index is 0.0647. The van der Waals surface area contributed by atoms with Crippen molar-refractivity contribution in [3.63, 3.8) is 0 Å². The maximum atomic E-state index is 14.1. The molecule has 0 aliphatic carbocycles. The van der Waals surface area contributed by atoms with E-state index in [1.807, 2.05) is 0 Å². The average Bonchev–Trinajstić information content (AvgIpc) is 3.31. The second kappa shape index (κ2) is 13.3. The molecule has 1 fully saturated rings. The monoisotopic (exact) mass is 645 g/mol. The summed E-state index contributed by atoms with van der Waals surface area (Å²) in [5, 5.41) is 14.4. The van der Waals surface area contributed by atoms with Crippen LogP contribution in [0.4, 0.5) is 11.4 Å². The number of hydrogen-bond donors (Lipinski definition) is 1. The molecule has 1 saturated heterocycles. The Kier molecular flexibility index (Phi) is 9.96. The number of carbonyl (C=O) groups is 2. The third kappa shape index (κ3) is 7.37. The van der Waals surface area contributed by atoms with Gasteiger partial charge in [0.1, 0.15) is 11.4 Å². The molecule has 0 spiro atoms. The van der Waals surface area contributed by atoms with Gasteiger partial charge in [0.2, 0.25) is 0 Å². The minimum Gasteiger partial charge on any atom is -0.480 e. The Labute approximate surface area is 260 Å². The topological polar surface area (TPSA) is 154 Å². The zero-order valence-electron chi connectivity index (χ0n) is 25.1. The normalized spacial score (nSPS) is 14.1. The molecular formula is C30H35N3O9S2. The van der Waals surface area contributed by atoms with Crippen molar-refractivity contribution in [3.8, 4) is 16.2 Å². The molecule has 0 amide bonds. The molecular weight excluding hydrogens is 610 g/mol. The van der Waals surface area contributed by atoms with E-state index < -0.39 is 39.1 Å². The summed E-state index contributed by atoms with van der Waals surface area (Å²) in [7, 11) is -2.88. The van der Waals surface area contributed by atoms with Crippen LogP contribution < -0.4 is 14.4 Å². The fourth-order valence-electron chi connectivity index (χ4n) is 4.90. The lowest BCUT2D eigenvalue weighted by Gasteiger charge is -2.35. The number of nitro benzene ring substituents is 1. The van der Waals surface area contributed by atoms with Gasteiger partial charge in [0.15, 0.2) is 11.5 Å². The number of non-ortho nitro benzene ring substituents is 1. The van der Waals surface area contributed by atoms with Gasteiger partial charge in [-0.15, -0.1) is 11.3 Å². The number of sulfonamides is 1. The second-order valence-corrected chi connectivity index (χ2v) is 14.0. The van der Waals surface area contributed by atoms with Gasteiger partial charge >= 0.3 is 11.9 Å². The lowest BCUT2D eigenvalue weighted by Crippen LogP contribution is -2.46. The van der Waals surface area contributed by atoms with Crippen LogP contribution in [-0.4, -0.2) is 63.7 Å². The summed E-state index contributed by atoms with van der Waals surface area (Å²) >= 11 is 1.11. The summed E-state index contributed by atoms with van der Waals surface area (Å²) in [6.45, 7) is 7.79. The largest absolute Gasteiger partial charge is 0.480 e. The number of ether oxygens (including phenoxy) is 3. The molecule has 0 radical (unpaired) electrons. The Bertz CT molecular complexity index is 1640. The minimum atomic E-state index is -4.12.